The molecule has 0 aliphatic rings. The normalized spacial score (nSPS) is 11.2. The van der Waals surface area contributed by atoms with Crippen LogP contribution >= 0.6 is 31.9 Å². The van der Waals surface area contributed by atoms with Crippen LogP contribution in [0.5, 0.6) is 0 Å². The van der Waals surface area contributed by atoms with Crippen molar-refractivity contribution in [3.63, 3.8) is 0 Å². The average molecular weight is 380 g/mol. The highest BCUT2D eigenvalue weighted by atomic mass is 79.9. The van der Waals surface area contributed by atoms with Crippen LogP contribution in [0.3, 0.4) is 0 Å². The van der Waals surface area contributed by atoms with Gasteiger partial charge in [-0.05, 0) is 51.8 Å². The number of halogens is 2. The Hall–Kier alpha value is -0.460. The van der Waals surface area contributed by atoms with E-state index in [1.807, 2.05) is 6.07 Å². The molecular formula is C12H16Br2N2O2. The first-order valence-electron chi connectivity index (χ1n) is 5.66. The van der Waals surface area contributed by atoms with Crippen LogP contribution in [0.15, 0.2) is 21.2 Å². The molecule has 0 saturated heterocycles. The second-order valence-corrected chi connectivity index (χ2v) is 6.06. The van der Waals surface area contributed by atoms with Crippen molar-refractivity contribution in [3.05, 3.63) is 26.9 Å². The molecule has 1 aromatic heterocycles. The number of carboxylic acids is 1. The molecule has 0 saturated carbocycles. The van der Waals surface area contributed by atoms with Gasteiger partial charge < -0.3 is 5.11 Å². The van der Waals surface area contributed by atoms with Gasteiger partial charge in [-0.2, -0.15) is 0 Å². The van der Waals surface area contributed by atoms with Crippen LogP contribution in [0.4, 0.5) is 0 Å². The van der Waals surface area contributed by atoms with Crippen molar-refractivity contribution in [2.75, 3.05) is 6.54 Å². The summed E-state index contributed by atoms with van der Waals surface area (Å²) in [6.07, 6.45) is 1.89. The summed E-state index contributed by atoms with van der Waals surface area (Å²) in [7, 11) is 0. The first-order valence-corrected chi connectivity index (χ1v) is 7.24. The fourth-order valence-electron chi connectivity index (χ4n) is 1.51. The largest absolute Gasteiger partial charge is 0.481 e. The van der Waals surface area contributed by atoms with Crippen molar-refractivity contribution in [2.45, 2.75) is 32.9 Å². The van der Waals surface area contributed by atoms with E-state index in [0.717, 1.165) is 14.6 Å². The number of nitrogens with zero attached hydrogens (tertiary/aromatic N) is 2. The van der Waals surface area contributed by atoms with Crippen LogP contribution in [-0.2, 0) is 11.3 Å². The summed E-state index contributed by atoms with van der Waals surface area (Å²) in [5.74, 6) is -0.775. The van der Waals surface area contributed by atoms with Crippen molar-refractivity contribution in [2.24, 2.45) is 0 Å². The summed E-state index contributed by atoms with van der Waals surface area (Å²) >= 11 is 6.83. The van der Waals surface area contributed by atoms with Crippen molar-refractivity contribution in [3.8, 4) is 0 Å². The van der Waals surface area contributed by atoms with Crippen LogP contribution < -0.4 is 0 Å². The third kappa shape index (κ3) is 5.04. The van der Waals surface area contributed by atoms with Gasteiger partial charge in [0.2, 0.25) is 0 Å². The van der Waals surface area contributed by atoms with E-state index in [0.29, 0.717) is 13.1 Å². The molecule has 1 heterocycles. The molecule has 0 aliphatic heterocycles. The predicted molar refractivity (Wildman–Crippen MR) is 77.4 cm³/mol. The van der Waals surface area contributed by atoms with Crippen molar-refractivity contribution < 1.29 is 9.90 Å². The van der Waals surface area contributed by atoms with Gasteiger partial charge in [0.25, 0.3) is 0 Å². The van der Waals surface area contributed by atoms with E-state index in [9.17, 15) is 4.79 Å². The van der Waals surface area contributed by atoms with Crippen molar-refractivity contribution in [1.82, 2.24) is 9.88 Å². The predicted octanol–water partition coefficient (Wildman–Crippen LogP) is 3.29. The molecule has 100 valence electrons. The quantitative estimate of drug-likeness (QED) is 0.823. The minimum atomic E-state index is -0.775. The van der Waals surface area contributed by atoms with Gasteiger partial charge in [-0.1, -0.05) is 0 Å². The number of carbonyl (C=O) groups is 1. The molecule has 1 aromatic rings. The third-order valence-electron chi connectivity index (χ3n) is 2.58. The first kappa shape index (κ1) is 15.6. The molecular weight excluding hydrogens is 364 g/mol. The van der Waals surface area contributed by atoms with Gasteiger partial charge in [-0.15, -0.1) is 0 Å². The molecule has 0 aromatic carbocycles. The summed E-state index contributed by atoms with van der Waals surface area (Å²) in [5, 5.41) is 8.74. The SMILES string of the molecule is CC(C)N(CCC(=O)O)Cc1ncc(Br)cc1Br. The van der Waals surface area contributed by atoms with Crippen LogP contribution in [0, 0.1) is 0 Å². The van der Waals surface area contributed by atoms with E-state index >= 15 is 0 Å². The lowest BCUT2D eigenvalue weighted by molar-refractivity contribution is -0.137. The van der Waals surface area contributed by atoms with Gasteiger partial charge in [0.1, 0.15) is 0 Å². The van der Waals surface area contributed by atoms with Gasteiger partial charge in [0.15, 0.2) is 0 Å². The molecule has 0 unspecified atom stereocenters. The highest BCUT2D eigenvalue weighted by Gasteiger charge is 2.14. The van der Waals surface area contributed by atoms with Crippen molar-refractivity contribution >= 4 is 37.8 Å². The second kappa shape index (κ2) is 7.21. The minimum absolute atomic E-state index is 0.145. The lowest BCUT2D eigenvalue weighted by atomic mass is 10.2. The highest BCUT2D eigenvalue weighted by molar-refractivity contribution is 9.11. The number of carboxylic acid groups (broad SMARTS) is 1. The summed E-state index contributed by atoms with van der Waals surface area (Å²) < 4.78 is 1.85. The Balaban J connectivity index is 2.73. The zero-order chi connectivity index (χ0) is 13.7. The van der Waals surface area contributed by atoms with Gasteiger partial charge in [0, 0.05) is 34.3 Å². The molecule has 0 aliphatic carbocycles. The molecule has 1 N–H and O–H groups in total. The minimum Gasteiger partial charge on any atom is -0.481 e. The topological polar surface area (TPSA) is 53.4 Å². The highest BCUT2D eigenvalue weighted by Crippen LogP contribution is 2.21. The Labute approximate surface area is 124 Å². The van der Waals surface area contributed by atoms with E-state index in [4.69, 9.17) is 5.11 Å². The van der Waals surface area contributed by atoms with E-state index in [2.05, 4.69) is 55.6 Å². The molecule has 6 heteroatoms. The van der Waals surface area contributed by atoms with Gasteiger partial charge in [0.05, 0.1) is 12.1 Å². The van der Waals surface area contributed by atoms with Gasteiger partial charge in [-0.3, -0.25) is 14.7 Å². The molecule has 1 rings (SSSR count). The molecule has 0 radical (unpaired) electrons. The number of aliphatic carboxylic acids is 1. The summed E-state index contributed by atoms with van der Waals surface area (Å²) in [5.41, 5.74) is 0.914. The summed E-state index contributed by atoms with van der Waals surface area (Å²) in [6.45, 7) is 5.26. The average Bonchev–Trinajstić information content (AvgIpc) is 2.26. The zero-order valence-electron chi connectivity index (χ0n) is 10.4. The van der Waals surface area contributed by atoms with Gasteiger partial charge in [-0.25, -0.2) is 0 Å². The first-order chi connectivity index (χ1) is 8.40. The summed E-state index contributed by atoms with van der Waals surface area (Å²) in [6, 6.07) is 2.22. The van der Waals surface area contributed by atoms with Crippen molar-refractivity contribution in [1.29, 1.82) is 0 Å². The third-order valence-corrected chi connectivity index (χ3v) is 3.70. The molecule has 0 bridgehead atoms. The Kier molecular flexibility index (Phi) is 6.25. The van der Waals surface area contributed by atoms with E-state index in [1.165, 1.54) is 0 Å². The number of hydrogen-bond acceptors (Lipinski definition) is 3. The maximum absolute atomic E-state index is 10.6. The van der Waals surface area contributed by atoms with Gasteiger partial charge >= 0.3 is 5.97 Å². The number of hydrogen-bond donors (Lipinski definition) is 1. The maximum Gasteiger partial charge on any atom is 0.304 e. The molecule has 4 nitrogen and oxygen atoms in total. The smallest absolute Gasteiger partial charge is 0.304 e. The van der Waals surface area contributed by atoms with Crippen LogP contribution in [0.25, 0.3) is 0 Å². The van der Waals surface area contributed by atoms with E-state index in [-0.39, 0.29) is 12.5 Å². The van der Waals surface area contributed by atoms with Crippen LogP contribution in [0.1, 0.15) is 26.0 Å². The Morgan fingerprint density at radius 3 is 2.67 bits per heavy atom. The fourth-order valence-corrected chi connectivity index (χ4v) is 2.62. The second-order valence-electron chi connectivity index (χ2n) is 4.29. The van der Waals surface area contributed by atoms with E-state index < -0.39 is 5.97 Å². The van der Waals surface area contributed by atoms with E-state index in [1.54, 1.807) is 6.20 Å². The zero-order valence-corrected chi connectivity index (χ0v) is 13.5. The molecule has 0 atom stereocenters. The molecule has 18 heavy (non-hydrogen) atoms. The standard InChI is InChI=1S/C12H16Br2N2O2/c1-8(2)16(4-3-12(17)18)7-11-10(14)5-9(13)6-15-11/h5-6,8H,3-4,7H2,1-2H3,(H,17,18). The molecule has 0 spiro atoms. The Bertz CT molecular complexity index is 425. The summed E-state index contributed by atoms with van der Waals surface area (Å²) in [4.78, 5) is 17.1. The number of pyridine rings is 1. The van der Waals surface area contributed by atoms with Crippen LogP contribution in [-0.4, -0.2) is 33.5 Å². The number of aromatic nitrogens is 1. The Morgan fingerprint density at radius 1 is 1.50 bits per heavy atom. The van der Waals surface area contributed by atoms with Crippen LogP contribution in [0.2, 0.25) is 0 Å². The molecule has 0 amide bonds. The lowest BCUT2D eigenvalue weighted by Crippen LogP contribution is -2.32. The molecule has 0 fully saturated rings. The Morgan fingerprint density at radius 2 is 2.17 bits per heavy atom. The fraction of sp³-hybridized carbons (Fsp3) is 0.500. The maximum atomic E-state index is 10.6. The monoisotopic (exact) mass is 378 g/mol. The number of rotatable bonds is 6. The lowest BCUT2D eigenvalue weighted by Gasteiger charge is -2.25.